The third kappa shape index (κ3) is 3.82. The van der Waals surface area contributed by atoms with Gasteiger partial charge in [0.15, 0.2) is 5.82 Å². The molecule has 1 aromatic carbocycles. The van der Waals surface area contributed by atoms with E-state index in [4.69, 9.17) is 0 Å². The van der Waals surface area contributed by atoms with Gasteiger partial charge in [0.1, 0.15) is 5.03 Å². The van der Waals surface area contributed by atoms with Gasteiger partial charge in [-0.2, -0.15) is 0 Å². The van der Waals surface area contributed by atoms with Crippen molar-refractivity contribution in [3.8, 4) is 0 Å². The Labute approximate surface area is 128 Å². The maximum Gasteiger partial charge on any atom is 0.228 e. The number of amides is 1. The van der Waals surface area contributed by atoms with Crippen LogP contribution in [0.2, 0.25) is 0 Å². The Hall–Kier alpha value is -1.88. The lowest BCUT2D eigenvalue weighted by molar-refractivity contribution is -0.117. The van der Waals surface area contributed by atoms with E-state index in [9.17, 15) is 4.79 Å². The maximum absolute atomic E-state index is 11.6. The number of benzene rings is 1. The van der Waals surface area contributed by atoms with Crippen molar-refractivity contribution >= 4 is 23.5 Å². The zero-order chi connectivity index (χ0) is 14.7. The molecular formula is C16H17N3OS. The van der Waals surface area contributed by atoms with Gasteiger partial charge in [-0.15, -0.1) is 10.2 Å². The van der Waals surface area contributed by atoms with E-state index in [1.54, 1.807) is 11.8 Å². The van der Waals surface area contributed by atoms with Crippen molar-refractivity contribution in [3.05, 3.63) is 47.5 Å². The van der Waals surface area contributed by atoms with Gasteiger partial charge in [0.25, 0.3) is 0 Å². The molecule has 0 unspecified atom stereocenters. The Kier molecular flexibility index (Phi) is 4.20. The number of thioether (sulfide) groups is 1. The molecule has 2 aromatic rings. The molecule has 0 bridgehead atoms. The first-order valence-corrected chi connectivity index (χ1v) is 8.03. The normalized spacial score (nSPS) is 14.0. The van der Waals surface area contributed by atoms with Crippen molar-refractivity contribution in [1.29, 1.82) is 0 Å². The number of hydrogen-bond donors (Lipinski definition) is 1. The topological polar surface area (TPSA) is 54.9 Å². The summed E-state index contributed by atoms with van der Waals surface area (Å²) in [5, 5.41) is 11.9. The van der Waals surface area contributed by atoms with E-state index in [0.717, 1.165) is 23.6 Å². The van der Waals surface area contributed by atoms with E-state index in [2.05, 4.69) is 34.6 Å². The third-order valence-corrected chi connectivity index (χ3v) is 4.45. The summed E-state index contributed by atoms with van der Waals surface area (Å²) in [5.74, 6) is 1.65. The molecule has 1 aliphatic carbocycles. The van der Waals surface area contributed by atoms with Crippen molar-refractivity contribution in [2.24, 2.45) is 5.92 Å². The number of nitrogens with zero attached hydrogens (tertiary/aromatic N) is 2. The van der Waals surface area contributed by atoms with Crippen molar-refractivity contribution in [1.82, 2.24) is 10.2 Å². The summed E-state index contributed by atoms with van der Waals surface area (Å²) in [6.07, 6.45) is 1.98. The van der Waals surface area contributed by atoms with E-state index < -0.39 is 0 Å². The van der Waals surface area contributed by atoms with Gasteiger partial charge in [0, 0.05) is 11.7 Å². The van der Waals surface area contributed by atoms with Crippen molar-refractivity contribution in [3.63, 3.8) is 0 Å². The fourth-order valence-corrected chi connectivity index (χ4v) is 2.85. The first-order chi connectivity index (χ1) is 10.2. The van der Waals surface area contributed by atoms with Crippen LogP contribution in [0.5, 0.6) is 0 Å². The molecule has 108 valence electrons. The molecule has 1 aliphatic rings. The molecule has 3 rings (SSSR count). The van der Waals surface area contributed by atoms with E-state index >= 15 is 0 Å². The first kappa shape index (κ1) is 14.1. The average Bonchev–Trinajstić information content (AvgIpc) is 3.33. The molecule has 0 aliphatic heterocycles. The monoisotopic (exact) mass is 299 g/mol. The summed E-state index contributed by atoms with van der Waals surface area (Å²) in [4.78, 5) is 11.6. The molecule has 0 atom stereocenters. The van der Waals surface area contributed by atoms with Gasteiger partial charge in [-0.1, -0.05) is 36.0 Å². The zero-order valence-electron chi connectivity index (χ0n) is 11.9. The second-order valence-corrected chi connectivity index (χ2v) is 6.23. The number of hydrogen-bond acceptors (Lipinski definition) is 4. The predicted molar refractivity (Wildman–Crippen MR) is 84.1 cm³/mol. The number of carbonyl (C=O) groups is 1. The third-order valence-electron chi connectivity index (χ3n) is 3.48. The van der Waals surface area contributed by atoms with E-state index in [-0.39, 0.29) is 11.8 Å². The van der Waals surface area contributed by atoms with Gasteiger partial charge >= 0.3 is 0 Å². The van der Waals surface area contributed by atoms with Gasteiger partial charge in [0.05, 0.1) is 0 Å². The number of nitrogens with one attached hydrogen (secondary N) is 1. The van der Waals surface area contributed by atoms with Crippen LogP contribution in [0.15, 0.2) is 41.4 Å². The van der Waals surface area contributed by atoms with Crippen LogP contribution in [-0.2, 0) is 10.5 Å². The minimum absolute atomic E-state index is 0.0598. The first-order valence-electron chi connectivity index (χ1n) is 7.04. The molecule has 1 amide bonds. The van der Waals surface area contributed by atoms with Crippen molar-refractivity contribution in [2.45, 2.75) is 30.5 Å². The Bertz CT molecular complexity index is 638. The van der Waals surface area contributed by atoms with Gasteiger partial charge in [0.2, 0.25) is 5.91 Å². The highest BCUT2D eigenvalue weighted by Crippen LogP contribution is 2.30. The molecule has 5 heteroatoms. The minimum atomic E-state index is 0.0598. The smallest absolute Gasteiger partial charge is 0.228 e. The summed E-state index contributed by atoms with van der Waals surface area (Å²) in [6.45, 7) is 2.11. The molecule has 1 heterocycles. The summed E-state index contributed by atoms with van der Waals surface area (Å²) < 4.78 is 0. The second-order valence-electron chi connectivity index (χ2n) is 5.24. The highest BCUT2D eigenvalue weighted by atomic mass is 32.2. The lowest BCUT2D eigenvalue weighted by Crippen LogP contribution is -2.14. The highest BCUT2D eigenvalue weighted by Gasteiger charge is 2.29. The number of rotatable bonds is 5. The molecule has 1 fully saturated rings. The fourth-order valence-electron chi connectivity index (χ4n) is 1.96. The fraction of sp³-hybridized carbons (Fsp3) is 0.312. The maximum atomic E-state index is 11.6. The Morgan fingerprint density at radius 2 is 2.05 bits per heavy atom. The molecule has 0 spiro atoms. The lowest BCUT2D eigenvalue weighted by Gasteiger charge is -2.05. The van der Waals surface area contributed by atoms with Crippen molar-refractivity contribution in [2.75, 3.05) is 5.32 Å². The van der Waals surface area contributed by atoms with Crippen LogP contribution in [0.25, 0.3) is 0 Å². The number of aryl methyl sites for hydroxylation is 1. The van der Waals surface area contributed by atoms with Gasteiger partial charge < -0.3 is 5.32 Å². The SMILES string of the molecule is Cc1ccccc1CSc1ccc(NC(=O)C2CC2)nn1. The Morgan fingerprint density at radius 1 is 1.24 bits per heavy atom. The standard InChI is InChI=1S/C16H17N3OS/c1-11-4-2-3-5-13(11)10-21-15-9-8-14(18-19-15)17-16(20)12-6-7-12/h2-5,8-9,12H,6-7,10H2,1H3,(H,17,18,20). The van der Waals surface area contributed by atoms with Crippen LogP contribution in [0.1, 0.15) is 24.0 Å². The lowest BCUT2D eigenvalue weighted by atomic mass is 10.1. The molecule has 21 heavy (non-hydrogen) atoms. The van der Waals surface area contributed by atoms with Gasteiger partial charge in [-0.05, 0) is 43.0 Å². The molecular weight excluding hydrogens is 282 g/mol. The Morgan fingerprint density at radius 3 is 2.71 bits per heavy atom. The highest BCUT2D eigenvalue weighted by molar-refractivity contribution is 7.98. The van der Waals surface area contributed by atoms with E-state index in [1.807, 2.05) is 24.3 Å². The second kappa shape index (κ2) is 6.26. The van der Waals surface area contributed by atoms with E-state index in [1.165, 1.54) is 11.1 Å². The zero-order valence-corrected chi connectivity index (χ0v) is 12.7. The molecule has 0 radical (unpaired) electrons. The average molecular weight is 299 g/mol. The summed E-state index contributed by atoms with van der Waals surface area (Å²) in [5.41, 5.74) is 2.58. The number of carbonyl (C=O) groups excluding carboxylic acids is 1. The molecule has 0 saturated heterocycles. The van der Waals surface area contributed by atoms with Gasteiger partial charge in [-0.25, -0.2) is 0 Å². The minimum Gasteiger partial charge on any atom is -0.309 e. The molecule has 1 aromatic heterocycles. The van der Waals surface area contributed by atoms with Crippen LogP contribution in [-0.4, -0.2) is 16.1 Å². The summed E-state index contributed by atoms with van der Waals surface area (Å²) in [6, 6.07) is 12.0. The summed E-state index contributed by atoms with van der Waals surface area (Å²) >= 11 is 1.65. The largest absolute Gasteiger partial charge is 0.309 e. The Balaban J connectivity index is 1.56. The van der Waals surface area contributed by atoms with Crippen LogP contribution in [0.4, 0.5) is 5.82 Å². The molecule has 1 N–H and O–H groups in total. The van der Waals surface area contributed by atoms with Crippen LogP contribution >= 0.6 is 11.8 Å². The van der Waals surface area contributed by atoms with Crippen LogP contribution in [0.3, 0.4) is 0 Å². The summed E-state index contributed by atoms with van der Waals surface area (Å²) in [7, 11) is 0. The van der Waals surface area contributed by atoms with Gasteiger partial charge in [-0.3, -0.25) is 4.79 Å². The van der Waals surface area contributed by atoms with Crippen molar-refractivity contribution < 1.29 is 4.79 Å². The predicted octanol–water partition coefficient (Wildman–Crippen LogP) is 3.43. The van der Waals surface area contributed by atoms with Crippen LogP contribution < -0.4 is 5.32 Å². The number of anilines is 1. The van der Waals surface area contributed by atoms with Crippen LogP contribution in [0, 0.1) is 12.8 Å². The number of aromatic nitrogens is 2. The molecule has 4 nitrogen and oxygen atoms in total. The quantitative estimate of drug-likeness (QED) is 0.859. The van der Waals surface area contributed by atoms with E-state index in [0.29, 0.717) is 5.82 Å². The molecule has 1 saturated carbocycles.